The predicted octanol–water partition coefficient (Wildman–Crippen LogP) is 9.17. The van der Waals surface area contributed by atoms with Crippen molar-refractivity contribution in [1.82, 2.24) is 0 Å². The molecule has 0 aliphatic heterocycles. The second kappa shape index (κ2) is 37.2. The Morgan fingerprint density at radius 3 is 1.38 bits per heavy atom. The highest BCUT2D eigenvalue weighted by Crippen LogP contribution is 2.47. The van der Waals surface area contributed by atoms with Crippen molar-refractivity contribution in [2.24, 2.45) is 0 Å². The van der Waals surface area contributed by atoms with E-state index in [0.29, 0.717) is 12.8 Å². The lowest BCUT2D eigenvalue weighted by molar-refractivity contribution is -0.220. The second-order valence-corrected chi connectivity index (χ2v) is 17.7. The van der Waals surface area contributed by atoms with Gasteiger partial charge in [-0.05, 0) is 57.8 Å². The summed E-state index contributed by atoms with van der Waals surface area (Å²) in [7, 11) is -5.13. The van der Waals surface area contributed by atoms with Crippen LogP contribution in [0, 0.1) is 0 Å². The highest BCUT2D eigenvalue weighted by molar-refractivity contribution is 7.47. The molecule has 1 aliphatic carbocycles. The molecule has 1 fully saturated rings. The van der Waals surface area contributed by atoms with Crippen molar-refractivity contribution in [2.45, 2.75) is 224 Å². The van der Waals surface area contributed by atoms with Gasteiger partial charge in [-0.3, -0.25) is 18.6 Å². The van der Waals surface area contributed by atoms with E-state index in [1.165, 1.54) is 77.0 Å². The van der Waals surface area contributed by atoms with Gasteiger partial charge in [0.15, 0.2) is 6.10 Å². The van der Waals surface area contributed by atoms with Crippen LogP contribution in [0.1, 0.15) is 181 Å². The van der Waals surface area contributed by atoms with Crippen LogP contribution in [0.25, 0.3) is 0 Å². The SMILES string of the molecule is CCCCCC=CCC=CCC=CCC=CCCCCCC(=O)O[C@H](COC(=O)CCCCCCCCCCCCCCC)COP(=O)(O)OC1C(O)C(O)C(O)[C@@H](O)C1O. The molecular formula is C47H83O13P. The van der Waals surface area contributed by atoms with Crippen molar-refractivity contribution in [3.8, 4) is 0 Å². The van der Waals surface area contributed by atoms with Gasteiger partial charge in [-0.15, -0.1) is 0 Å². The van der Waals surface area contributed by atoms with E-state index < -0.39 is 75.7 Å². The van der Waals surface area contributed by atoms with Crippen LogP contribution in [0.3, 0.4) is 0 Å². The molecule has 0 amide bonds. The molecule has 1 aliphatic rings. The number of unbranched alkanes of at least 4 members (excludes halogenated alkanes) is 18. The smallest absolute Gasteiger partial charge is 0.462 e. The second-order valence-electron chi connectivity index (χ2n) is 16.3. The molecule has 354 valence electrons. The molecule has 0 aromatic carbocycles. The molecule has 0 aromatic heterocycles. The van der Waals surface area contributed by atoms with E-state index in [2.05, 4.69) is 62.5 Å². The van der Waals surface area contributed by atoms with Gasteiger partial charge in [0, 0.05) is 12.8 Å². The van der Waals surface area contributed by atoms with Gasteiger partial charge in [0.25, 0.3) is 0 Å². The number of carbonyl (C=O) groups excluding carboxylic acids is 2. The van der Waals surface area contributed by atoms with Crippen LogP contribution in [0.2, 0.25) is 0 Å². The maximum atomic E-state index is 12.8. The number of ether oxygens (including phenoxy) is 2. The minimum absolute atomic E-state index is 0.0594. The number of esters is 2. The molecule has 8 atom stereocenters. The minimum Gasteiger partial charge on any atom is -0.462 e. The normalized spacial score (nSPS) is 22.4. The average molecular weight is 887 g/mol. The van der Waals surface area contributed by atoms with Gasteiger partial charge < -0.3 is 39.9 Å². The third-order valence-electron chi connectivity index (χ3n) is 10.7. The number of phosphoric acid groups is 1. The highest BCUT2D eigenvalue weighted by Gasteiger charge is 2.51. The van der Waals surface area contributed by atoms with E-state index in [4.69, 9.17) is 18.5 Å². The monoisotopic (exact) mass is 887 g/mol. The van der Waals surface area contributed by atoms with Crippen molar-refractivity contribution in [3.05, 3.63) is 48.6 Å². The summed E-state index contributed by atoms with van der Waals surface area (Å²) in [6, 6.07) is 0. The number of aliphatic hydroxyl groups excluding tert-OH is 5. The molecule has 0 spiro atoms. The Kier molecular flexibility index (Phi) is 34.7. The van der Waals surface area contributed by atoms with E-state index in [0.717, 1.165) is 64.2 Å². The van der Waals surface area contributed by atoms with Crippen molar-refractivity contribution >= 4 is 19.8 Å². The van der Waals surface area contributed by atoms with Crippen LogP contribution in [0.5, 0.6) is 0 Å². The van der Waals surface area contributed by atoms with Crippen LogP contribution < -0.4 is 0 Å². The van der Waals surface area contributed by atoms with Gasteiger partial charge in [0.2, 0.25) is 0 Å². The van der Waals surface area contributed by atoms with Gasteiger partial charge in [0.1, 0.15) is 43.2 Å². The van der Waals surface area contributed by atoms with Gasteiger partial charge in [-0.1, -0.05) is 159 Å². The first kappa shape index (κ1) is 56.8. The molecule has 6 unspecified atom stereocenters. The first-order valence-corrected chi connectivity index (χ1v) is 24.9. The van der Waals surface area contributed by atoms with Crippen molar-refractivity contribution in [2.75, 3.05) is 13.2 Å². The zero-order valence-electron chi connectivity index (χ0n) is 37.4. The molecule has 0 heterocycles. The van der Waals surface area contributed by atoms with Crippen LogP contribution in [0.4, 0.5) is 0 Å². The molecule has 61 heavy (non-hydrogen) atoms. The fourth-order valence-electron chi connectivity index (χ4n) is 6.86. The number of phosphoric ester groups is 1. The Morgan fingerprint density at radius 1 is 0.508 bits per heavy atom. The molecule has 0 radical (unpaired) electrons. The first-order valence-electron chi connectivity index (χ1n) is 23.4. The Hall–Kier alpha value is -2.19. The Balaban J connectivity index is 2.48. The molecule has 0 saturated heterocycles. The van der Waals surface area contributed by atoms with E-state index >= 15 is 0 Å². The third-order valence-corrected chi connectivity index (χ3v) is 11.7. The number of carbonyl (C=O) groups is 2. The topological polar surface area (TPSA) is 210 Å². The quantitative estimate of drug-likeness (QED) is 0.0148. The summed E-state index contributed by atoms with van der Waals surface area (Å²) in [4.78, 5) is 35.7. The maximum absolute atomic E-state index is 12.8. The van der Waals surface area contributed by atoms with E-state index in [9.17, 15) is 44.6 Å². The van der Waals surface area contributed by atoms with Gasteiger partial charge in [-0.25, -0.2) is 4.57 Å². The van der Waals surface area contributed by atoms with Crippen LogP contribution in [-0.2, 0) is 32.7 Å². The third kappa shape index (κ3) is 29.7. The van der Waals surface area contributed by atoms with Crippen molar-refractivity contribution in [1.29, 1.82) is 0 Å². The predicted molar refractivity (Wildman–Crippen MR) is 239 cm³/mol. The lowest BCUT2D eigenvalue weighted by atomic mass is 9.85. The molecule has 13 nitrogen and oxygen atoms in total. The Labute approximate surface area is 367 Å². The summed E-state index contributed by atoms with van der Waals surface area (Å²) in [5, 5.41) is 50.1. The standard InChI is InChI=1S/C47H83O13P/c1-3-5-7-9-11-13-15-17-18-19-20-21-22-24-26-28-30-32-34-36-41(49)59-39(38-58-61(55,56)60-47-45(53)43(51)42(50)44(52)46(47)54)37-57-40(48)35-33-31-29-27-25-23-16-14-12-10-8-6-4-2/h11,13,17-18,20-21,24,26,39,42-47,50-54H,3-10,12,14-16,19,22-23,25,27-38H2,1-2H3,(H,55,56)/t39-,42?,43-,44?,45?,46?,47?/m1/s1. The van der Waals surface area contributed by atoms with Crippen molar-refractivity contribution < 1.29 is 63.1 Å². The molecule has 14 heteroatoms. The molecular weight excluding hydrogens is 803 g/mol. The van der Waals surface area contributed by atoms with Crippen molar-refractivity contribution in [3.63, 3.8) is 0 Å². The Bertz CT molecular complexity index is 1250. The molecule has 1 saturated carbocycles. The number of rotatable bonds is 38. The lowest BCUT2D eigenvalue weighted by Gasteiger charge is -2.41. The number of aliphatic hydroxyl groups is 5. The summed E-state index contributed by atoms with van der Waals surface area (Å²) in [6.07, 6.45) is 30.2. The summed E-state index contributed by atoms with van der Waals surface area (Å²) < 4.78 is 33.5. The number of allylic oxidation sites excluding steroid dienone is 8. The molecule has 0 bridgehead atoms. The maximum Gasteiger partial charge on any atom is 0.472 e. The van der Waals surface area contributed by atoms with E-state index in [-0.39, 0.29) is 12.8 Å². The van der Waals surface area contributed by atoms with Gasteiger partial charge >= 0.3 is 19.8 Å². The van der Waals surface area contributed by atoms with E-state index in [1.807, 2.05) is 0 Å². The zero-order chi connectivity index (χ0) is 45.0. The summed E-state index contributed by atoms with van der Waals surface area (Å²) in [5.74, 6) is -1.13. The van der Waals surface area contributed by atoms with E-state index in [1.54, 1.807) is 0 Å². The number of hydrogen-bond acceptors (Lipinski definition) is 12. The van der Waals surface area contributed by atoms with Crippen LogP contribution in [-0.4, -0.2) is 98.3 Å². The summed E-state index contributed by atoms with van der Waals surface area (Å²) in [6.45, 7) is 3.24. The molecule has 6 N–H and O–H groups in total. The first-order chi connectivity index (χ1) is 29.4. The Morgan fingerprint density at radius 2 is 0.885 bits per heavy atom. The minimum atomic E-state index is -5.13. The largest absolute Gasteiger partial charge is 0.472 e. The van der Waals surface area contributed by atoms with Crippen LogP contribution in [0.15, 0.2) is 48.6 Å². The van der Waals surface area contributed by atoms with Gasteiger partial charge in [-0.2, -0.15) is 0 Å². The zero-order valence-corrected chi connectivity index (χ0v) is 38.3. The lowest BCUT2D eigenvalue weighted by Crippen LogP contribution is -2.64. The molecule has 0 aromatic rings. The number of hydrogen-bond donors (Lipinski definition) is 6. The van der Waals surface area contributed by atoms with Gasteiger partial charge in [0.05, 0.1) is 6.61 Å². The average Bonchev–Trinajstić information content (AvgIpc) is 3.24. The highest BCUT2D eigenvalue weighted by atomic mass is 31.2. The molecule has 1 rings (SSSR count). The summed E-state index contributed by atoms with van der Waals surface area (Å²) in [5.41, 5.74) is 0. The fraction of sp³-hybridized carbons (Fsp3) is 0.787. The summed E-state index contributed by atoms with van der Waals surface area (Å²) >= 11 is 0. The fourth-order valence-corrected chi connectivity index (χ4v) is 7.83. The van der Waals surface area contributed by atoms with Crippen LogP contribution >= 0.6 is 7.82 Å².